The van der Waals surface area contributed by atoms with Crippen molar-refractivity contribution >= 4 is 0 Å². The lowest BCUT2D eigenvalue weighted by atomic mass is 9.81. The molecular weight excluding hydrogens is 200 g/mol. The van der Waals surface area contributed by atoms with Crippen LogP contribution in [0.5, 0.6) is 5.75 Å². The first-order valence-corrected chi connectivity index (χ1v) is 6.04. The van der Waals surface area contributed by atoms with Gasteiger partial charge in [0.25, 0.3) is 0 Å². The van der Waals surface area contributed by atoms with E-state index in [0.29, 0.717) is 12.5 Å². The van der Waals surface area contributed by atoms with Crippen molar-refractivity contribution in [1.82, 2.24) is 0 Å². The molecule has 2 heteroatoms. The van der Waals surface area contributed by atoms with Gasteiger partial charge in [0, 0.05) is 0 Å². The standard InChI is InChI=1S/C14H20O2/c1-11(2)12-4-6-13(7-5-12)16-10-14(15)8-3-9-14/h4-7,11,15H,3,8-10H2,1-2H3. The molecule has 2 nitrogen and oxygen atoms in total. The van der Waals surface area contributed by atoms with Crippen molar-refractivity contribution in [3.05, 3.63) is 29.8 Å². The van der Waals surface area contributed by atoms with Crippen LogP contribution in [0.1, 0.15) is 44.6 Å². The molecule has 1 saturated carbocycles. The zero-order valence-corrected chi connectivity index (χ0v) is 10.1. The summed E-state index contributed by atoms with van der Waals surface area (Å²) in [5.41, 5.74) is 0.756. The van der Waals surface area contributed by atoms with Crippen LogP contribution in [0.15, 0.2) is 24.3 Å². The summed E-state index contributed by atoms with van der Waals surface area (Å²) in [5.74, 6) is 1.40. The van der Waals surface area contributed by atoms with E-state index in [9.17, 15) is 5.11 Å². The third-order valence-corrected chi connectivity index (χ3v) is 3.34. The van der Waals surface area contributed by atoms with E-state index < -0.39 is 5.60 Å². The lowest BCUT2D eigenvalue weighted by Crippen LogP contribution is -2.42. The molecule has 0 bridgehead atoms. The molecule has 1 fully saturated rings. The number of aliphatic hydroxyl groups is 1. The molecular formula is C14H20O2. The third kappa shape index (κ3) is 2.56. The number of ether oxygens (including phenoxy) is 1. The van der Waals surface area contributed by atoms with Crippen molar-refractivity contribution in [3.63, 3.8) is 0 Å². The minimum Gasteiger partial charge on any atom is -0.491 e. The van der Waals surface area contributed by atoms with Crippen molar-refractivity contribution in [2.75, 3.05) is 6.61 Å². The smallest absolute Gasteiger partial charge is 0.119 e. The molecule has 1 aliphatic rings. The molecule has 0 atom stereocenters. The summed E-state index contributed by atoms with van der Waals surface area (Å²) in [6.07, 6.45) is 2.86. The Morgan fingerprint density at radius 3 is 2.31 bits per heavy atom. The fraction of sp³-hybridized carbons (Fsp3) is 0.571. The molecule has 88 valence electrons. The van der Waals surface area contributed by atoms with Crippen molar-refractivity contribution in [2.45, 2.75) is 44.6 Å². The molecule has 0 heterocycles. The van der Waals surface area contributed by atoms with E-state index in [1.807, 2.05) is 12.1 Å². The van der Waals surface area contributed by atoms with Gasteiger partial charge in [-0.25, -0.2) is 0 Å². The number of hydrogen-bond donors (Lipinski definition) is 1. The van der Waals surface area contributed by atoms with E-state index in [0.717, 1.165) is 25.0 Å². The van der Waals surface area contributed by atoms with Crippen LogP contribution in [0.3, 0.4) is 0 Å². The van der Waals surface area contributed by atoms with E-state index in [4.69, 9.17) is 4.74 Å². The first-order chi connectivity index (χ1) is 7.59. The van der Waals surface area contributed by atoms with Gasteiger partial charge in [0.1, 0.15) is 12.4 Å². The molecule has 0 saturated heterocycles. The monoisotopic (exact) mass is 220 g/mol. The zero-order valence-electron chi connectivity index (χ0n) is 10.1. The Morgan fingerprint density at radius 2 is 1.88 bits per heavy atom. The summed E-state index contributed by atoms with van der Waals surface area (Å²) in [4.78, 5) is 0. The number of benzene rings is 1. The number of hydrogen-bond acceptors (Lipinski definition) is 2. The lowest BCUT2D eigenvalue weighted by molar-refractivity contribution is -0.0663. The fourth-order valence-electron chi connectivity index (χ4n) is 1.90. The zero-order chi connectivity index (χ0) is 11.6. The predicted molar refractivity (Wildman–Crippen MR) is 64.8 cm³/mol. The van der Waals surface area contributed by atoms with Gasteiger partial charge >= 0.3 is 0 Å². The van der Waals surface area contributed by atoms with Crippen LogP contribution in [0.25, 0.3) is 0 Å². The highest BCUT2D eigenvalue weighted by molar-refractivity contribution is 5.29. The van der Waals surface area contributed by atoms with E-state index in [1.54, 1.807) is 0 Å². The van der Waals surface area contributed by atoms with Crippen molar-refractivity contribution in [1.29, 1.82) is 0 Å². The van der Waals surface area contributed by atoms with Gasteiger partial charge in [0.2, 0.25) is 0 Å². The molecule has 1 aromatic rings. The van der Waals surface area contributed by atoms with E-state index in [2.05, 4.69) is 26.0 Å². The van der Waals surface area contributed by atoms with Gasteiger partial charge in [-0.3, -0.25) is 0 Å². The molecule has 0 radical (unpaired) electrons. The molecule has 1 aliphatic carbocycles. The fourth-order valence-corrected chi connectivity index (χ4v) is 1.90. The minimum absolute atomic E-state index is 0.425. The molecule has 2 rings (SSSR count). The molecule has 0 amide bonds. The average Bonchev–Trinajstić information content (AvgIpc) is 2.24. The van der Waals surface area contributed by atoms with Crippen molar-refractivity contribution in [3.8, 4) is 5.75 Å². The van der Waals surface area contributed by atoms with Crippen molar-refractivity contribution < 1.29 is 9.84 Å². The highest BCUT2D eigenvalue weighted by Gasteiger charge is 2.35. The topological polar surface area (TPSA) is 29.5 Å². The van der Waals surface area contributed by atoms with Crippen LogP contribution in [0, 0.1) is 0 Å². The van der Waals surface area contributed by atoms with Gasteiger partial charge in [-0.1, -0.05) is 26.0 Å². The third-order valence-electron chi connectivity index (χ3n) is 3.34. The second-order valence-corrected chi connectivity index (χ2v) is 5.09. The van der Waals surface area contributed by atoms with Crippen molar-refractivity contribution in [2.24, 2.45) is 0 Å². The Hall–Kier alpha value is -1.02. The Kier molecular flexibility index (Phi) is 3.20. The van der Waals surface area contributed by atoms with Crippen LogP contribution in [-0.2, 0) is 0 Å². The van der Waals surface area contributed by atoms with Gasteiger partial charge in [-0.05, 0) is 42.9 Å². The Bertz CT molecular complexity index is 336. The normalized spacial score (nSPS) is 18.2. The Labute approximate surface area is 97.3 Å². The van der Waals surface area contributed by atoms with E-state index in [-0.39, 0.29) is 0 Å². The molecule has 0 aromatic heterocycles. The SMILES string of the molecule is CC(C)c1ccc(OCC2(O)CCC2)cc1. The van der Waals surface area contributed by atoms with Gasteiger partial charge < -0.3 is 9.84 Å². The summed E-state index contributed by atoms with van der Waals surface area (Å²) in [5, 5.41) is 9.89. The summed E-state index contributed by atoms with van der Waals surface area (Å²) in [6, 6.07) is 8.14. The quantitative estimate of drug-likeness (QED) is 0.844. The molecule has 0 unspecified atom stereocenters. The first kappa shape index (κ1) is 11.5. The van der Waals surface area contributed by atoms with E-state index >= 15 is 0 Å². The maximum absolute atomic E-state index is 9.89. The average molecular weight is 220 g/mol. The minimum atomic E-state index is -0.559. The second kappa shape index (κ2) is 4.46. The Morgan fingerprint density at radius 1 is 1.25 bits per heavy atom. The van der Waals surface area contributed by atoms with Gasteiger partial charge in [0.15, 0.2) is 0 Å². The van der Waals surface area contributed by atoms with Gasteiger partial charge in [-0.15, -0.1) is 0 Å². The van der Waals surface area contributed by atoms with Crippen LogP contribution < -0.4 is 4.74 Å². The largest absolute Gasteiger partial charge is 0.491 e. The van der Waals surface area contributed by atoms with E-state index in [1.165, 1.54) is 5.56 Å². The van der Waals surface area contributed by atoms with Crippen LogP contribution in [-0.4, -0.2) is 17.3 Å². The molecule has 0 aliphatic heterocycles. The van der Waals surface area contributed by atoms with Crippen LogP contribution in [0.4, 0.5) is 0 Å². The molecule has 1 aromatic carbocycles. The lowest BCUT2D eigenvalue weighted by Gasteiger charge is -2.36. The molecule has 0 spiro atoms. The summed E-state index contributed by atoms with van der Waals surface area (Å²) in [7, 11) is 0. The van der Waals surface area contributed by atoms with Gasteiger partial charge in [-0.2, -0.15) is 0 Å². The second-order valence-electron chi connectivity index (χ2n) is 5.09. The molecule has 16 heavy (non-hydrogen) atoms. The van der Waals surface area contributed by atoms with Crippen LogP contribution >= 0.6 is 0 Å². The maximum Gasteiger partial charge on any atom is 0.119 e. The Balaban J connectivity index is 1.90. The highest BCUT2D eigenvalue weighted by atomic mass is 16.5. The summed E-state index contributed by atoms with van der Waals surface area (Å²) < 4.78 is 5.60. The molecule has 1 N–H and O–H groups in total. The highest BCUT2D eigenvalue weighted by Crippen LogP contribution is 2.32. The first-order valence-electron chi connectivity index (χ1n) is 6.04. The predicted octanol–water partition coefficient (Wildman–Crippen LogP) is 3.10. The maximum atomic E-state index is 9.89. The summed E-state index contributed by atoms with van der Waals surface area (Å²) >= 11 is 0. The van der Waals surface area contributed by atoms with Crippen LogP contribution in [0.2, 0.25) is 0 Å². The van der Waals surface area contributed by atoms with Gasteiger partial charge in [0.05, 0.1) is 5.60 Å². The summed E-state index contributed by atoms with van der Waals surface area (Å²) in [6.45, 7) is 4.77. The number of rotatable bonds is 4.